The van der Waals surface area contributed by atoms with Gasteiger partial charge < -0.3 is 16.8 Å². The van der Waals surface area contributed by atoms with Gasteiger partial charge in [-0.2, -0.15) is 0 Å². The van der Waals surface area contributed by atoms with Crippen LogP contribution in [0.25, 0.3) is 0 Å². The van der Waals surface area contributed by atoms with Crippen LogP contribution in [0.15, 0.2) is 6.20 Å². The zero-order valence-corrected chi connectivity index (χ0v) is 8.46. The van der Waals surface area contributed by atoms with Crippen molar-refractivity contribution in [3.05, 3.63) is 17.6 Å². The van der Waals surface area contributed by atoms with Gasteiger partial charge in [0.1, 0.15) is 11.6 Å². The van der Waals surface area contributed by atoms with Crippen molar-refractivity contribution in [3.8, 4) is 0 Å². The van der Waals surface area contributed by atoms with Crippen LogP contribution in [0.4, 0.5) is 15.9 Å². The highest BCUT2D eigenvalue weighted by Gasteiger charge is 2.22. The van der Waals surface area contributed by atoms with Crippen molar-refractivity contribution in [2.45, 2.75) is 18.8 Å². The van der Waals surface area contributed by atoms with Gasteiger partial charge in [0.25, 0.3) is 0 Å². The maximum absolute atomic E-state index is 13.6. The van der Waals surface area contributed by atoms with E-state index in [0.29, 0.717) is 11.3 Å². The molecule has 15 heavy (non-hydrogen) atoms. The molecule has 0 radical (unpaired) electrons. The highest BCUT2D eigenvalue weighted by Crippen LogP contribution is 2.33. The Bertz CT molecular complexity index is 361. The van der Waals surface area contributed by atoms with Gasteiger partial charge >= 0.3 is 0 Å². The number of rotatable bonds is 1. The minimum atomic E-state index is -0.339. The fourth-order valence-electron chi connectivity index (χ4n) is 2.06. The summed E-state index contributed by atoms with van der Waals surface area (Å²) in [6.07, 6.45) is 2.94. The smallest absolute Gasteiger partial charge is 0.147 e. The highest BCUT2D eigenvalue weighted by atomic mass is 19.1. The van der Waals surface area contributed by atoms with Crippen molar-refractivity contribution in [3.63, 3.8) is 0 Å². The number of aromatic nitrogens is 1. The van der Waals surface area contributed by atoms with Crippen molar-refractivity contribution >= 4 is 11.5 Å². The normalized spacial score (nSPS) is 17.9. The third kappa shape index (κ3) is 1.87. The number of anilines is 2. The fourth-order valence-corrected chi connectivity index (χ4v) is 2.06. The zero-order chi connectivity index (χ0) is 10.8. The molecule has 4 nitrogen and oxygen atoms in total. The minimum absolute atomic E-state index is 0.163. The molecule has 82 valence electrons. The summed E-state index contributed by atoms with van der Waals surface area (Å²) >= 11 is 0. The van der Waals surface area contributed by atoms with E-state index in [1.54, 1.807) is 0 Å². The van der Waals surface area contributed by atoms with Crippen LogP contribution in [0.1, 0.15) is 24.3 Å². The molecule has 1 aromatic heterocycles. The summed E-state index contributed by atoms with van der Waals surface area (Å²) in [6, 6.07) is 0. The average molecular weight is 210 g/mol. The van der Waals surface area contributed by atoms with Gasteiger partial charge in [0, 0.05) is 5.56 Å². The Morgan fingerprint density at radius 3 is 2.67 bits per heavy atom. The quantitative estimate of drug-likeness (QED) is 0.642. The number of nitrogen functional groups attached to an aromatic ring is 2. The van der Waals surface area contributed by atoms with Gasteiger partial charge in [0.05, 0.1) is 11.9 Å². The van der Waals surface area contributed by atoms with Crippen molar-refractivity contribution in [1.29, 1.82) is 0 Å². The summed E-state index contributed by atoms with van der Waals surface area (Å²) in [5.41, 5.74) is 12.2. The molecule has 0 unspecified atom stereocenters. The second kappa shape index (κ2) is 4.02. The Morgan fingerprint density at radius 1 is 1.33 bits per heavy atom. The summed E-state index contributed by atoms with van der Waals surface area (Å²) in [5, 5.41) is 3.23. The van der Waals surface area contributed by atoms with E-state index in [9.17, 15) is 4.39 Å². The Kier molecular flexibility index (Phi) is 2.73. The molecule has 0 bridgehead atoms. The van der Waals surface area contributed by atoms with E-state index in [1.807, 2.05) is 0 Å². The molecule has 2 heterocycles. The van der Waals surface area contributed by atoms with Crippen LogP contribution in [-0.2, 0) is 0 Å². The molecule has 0 atom stereocenters. The Hall–Kier alpha value is -1.36. The summed E-state index contributed by atoms with van der Waals surface area (Å²) < 4.78 is 13.6. The largest absolute Gasteiger partial charge is 0.395 e. The van der Waals surface area contributed by atoms with Crippen LogP contribution in [0.3, 0.4) is 0 Å². The van der Waals surface area contributed by atoms with Gasteiger partial charge in [-0.25, -0.2) is 9.37 Å². The van der Waals surface area contributed by atoms with E-state index in [-0.39, 0.29) is 17.6 Å². The maximum Gasteiger partial charge on any atom is 0.147 e. The molecule has 2 rings (SSSR count). The van der Waals surface area contributed by atoms with Gasteiger partial charge in [-0.15, -0.1) is 0 Å². The van der Waals surface area contributed by atoms with E-state index < -0.39 is 0 Å². The lowest BCUT2D eigenvalue weighted by Gasteiger charge is -2.24. The lowest BCUT2D eigenvalue weighted by atomic mass is 9.89. The number of pyridine rings is 1. The van der Waals surface area contributed by atoms with E-state index in [2.05, 4.69) is 10.3 Å². The van der Waals surface area contributed by atoms with Crippen LogP contribution in [-0.4, -0.2) is 18.1 Å². The van der Waals surface area contributed by atoms with E-state index in [4.69, 9.17) is 11.5 Å². The Labute approximate surface area is 87.9 Å². The number of hydrogen-bond donors (Lipinski definition) is 3. The van der Waals surface area contributed by atoms with Crippen molar-refractivity contribution in [2.75, 3.05) is 24.6 Å². The first-order chi connectivity index (χ1) is 7.20. The molecule has 0 amide bonds. The summed E-state index contributed by atoms with van der Waals surface area (Å²) in [4.78, 5) is 3.70. The number of nitrogens with zero attached hydrogens (tertiary/aromatic N) is 1. The van der Waals surface area contributed by atoms with Crippen molar-refractivity contribution in [2.24, 2.45) is 0 Å². The molecule has 0 aromatic carbocycles. The zero-order valence-electron chi connectivity index (χ0n) is 8.46. The molecule has 1 fully saturated rings. The number of nitrogens with one attached hydrogen (secondary N) is 1. The van der Waals surface area contributed by atoms with E-state index in [0.717, 1.165) is 32.1 Å². The second-order valence-corrected chi connectivity index (χ2v) is 3.84. The first-order valence-corrected chi connectivity index (χ1v) is 5.10. The second-order valence-electron chi connectivity index (χ2n) is 3.84. The third-order valence-electron chi connectivity index (χ3n) is 2.89. The summed E-state index contributed by atoms with van der Waals surface area (Å²) in [5.74, 6) is 0.0510. The first-order valence-electron chi connectivity index (χ1n) is 5.10. The van der Waals surface area contributed by atoms with Crippen molar-refractivity contribution in [1.82, 2.24) is 10.3 Å². The molecular weight excluding hydrogens is 195 g/mol. The molecule has 1 aromatic rings. The van der Waals surface area contributed by atoms with Gasteiger partial charge in [0.2, 0.25) is 0 Å². The molecule has 0 aliphatic carbocycles. The number of hydrogen-bond acceptors (Lipinski definition) is 4. The van der Waals surface area contributed by atoms with Crippen LogP contribution >= 0.6 is 0 Å². The third-order valence-corrected chi connectivity index (χ3v) is 2.89. The Morgan fingerprint density at radius 2 is 2.00 bits per heavy atom. The molecule has 5 N–H and O–H groups in total. The fraction of sp³-hybridized carbons (Fsp3) is 0.500. The van der Waals surface area contributed by atoms with Crippen LogP contribution in [0.5, 0.6) is 0 Å². The first kappa shape index (κ1) is 10.2. The molecule has 1 aliphatic rings. The predicted molar refractivity (Wildman–Crippen MR) is 57.9 cm³/mol. The van der Waals surface area contributed by atoms with E-state index in [1.165, 1.54) is 0 Å². The lowest BCUT2D eigenvalue weighted by molar-refractivity contribution is 0.445. The maximum atomic E-state index is 13.6. The number of nitrogens with two attached hydrogens (primary N) is 2. The number of piperidine rings is 1. The highest BCUT2D eigenvalue weighted by molar-refractivity contribution is 5.64. The molecule has 0 saturated carbocycles. The average Bonchev–Trinajstić information content (AvgIpc) is 2.26. The summed E-state index contributed by atoms with van der Waals surface area (Å²) in [6.45, 7) is 1.79. The predicted octanol–water partition coefficient (Wildman–Crippen LogP) is 0.852. The van der Waals surface area contributed by atoms with Gasteiger partial charge in [-0.3, -0.25) is 0 Å². The van der Waals surface area contributed by atoms with Crippen LogP contribution in [0, 0.1) is 5.82 Å². The van der Waals surface area contributed by atoms with Gasteiger partial charge in [-0.05, 0) is 31.8 Å². The lowest BCUT2D eigenvalue weighted by Crippen LogP contribution is -2.27. The molecule has 5 heteroatoms. The molecule has 1 saturated heterocycles. The topological polar surface area (TPSA) is 77.0 Å². The van der Waals surface area contributed by atoms with Crippen LogP contribution in [0.2, 0.25) is 0 Å². The molecular formula is C10H15FN4. The minimum Gasteiger partial charge on any atom is -0.395 e. The number of halogens is 1. The van der Waals surface area contributed by atoms with Gasteiger partial charge in [0.15, 0.2) is 0 Å². The van der Waals surface area contributed by atoms with Crippen LogP contribution < -0.4 is 16.8 Å². The van der Waals surface area contributed by atoms with Gasteiger partial charge in [-0.1, -0.05) is 0 Å². The monoisotopic (exact) mass is 210 g/mol. The van der Waals surface area contributed by atoms with E-state index >= 15 is 0 Å². The van der Waals surface area contributed by atoms with Crippen molar-refractivity contribution < 1.29 is 4.39 Å². The SMILES string of the molecule is Nc1ncc(F)c(C2CCNCC2)c1N. The molecule has 1 aliphatic heterocycles. The molecule has 0 spiro atoms. The summed E-state index contributed by atoms with van der Waals surface area (Å²) in [7, 11) is 0. The Balaban J connectivity index is 2.36. The standard InChI is InChI=1S/C10H15FN4/c11-7-5-15-10(13)9(12)8(7)6-1-3-14-4-2-6/h5-6,14H,1-4,12H2,(H2,13,15).